The molecule has 1 atom stereocenters. The van der Waals surface area contributed by atoms with Crippen LogP contribution in [0.3, 0.4) is 0 Å². The summed E-state index contributed by atoms with van der Waals surface area (Å²) in [7, 11) is 0. The molecule has 0 aliphatic carbocycles. The van der Waals surface area contributed by atoms with Gasteiger partial charge in [-0.15, -0.1) is 16.4 Å². The molecule has 0 aliphatic rings. The quantitative estimate of drug-likeness (QED) is 0.525. The minimum absolute atomic E-state index is 0.416. The molecule has 0 N–H and O–H groups in total. The van der Waals surface area contributed by atoms with Crippen molar-refractivity contribution in [1.29, 1.82) is 0 Å². The molecule has 4 aromatic rings. The van der Waals surface area contributed by atoms with Crippen molar-refractivity contribution >= 4 is 28.2 Å². The van der Waals surface area contributed by atoms with Gasteiger partial charge in [0.25, 0.3) is 0 Å². The average Bonchev–Trinajstić information content (AvgIpc) is 3.32. The summed E-state index contributed by atoms with van der Waals surface area (Å²) in [5.41, 5.74) is 2.35. The molecule has 0 amide bonds. The third kappa shape index (κ3) is 2.99. The van der Waals surface area contributed by atoms with Crippen LogP contribution >= 0.6 is 11.3 Å². The Morgan fingerprint density at radius 2 is 2.16 bits per heavy atom. The number of hydrogen-bond acceptors (Lipinski definition) is 7. The van der Waals surface area contributed by atoms with Gasteiger partial charge in [0.15, 0.2) is 0 Å². The molecule has 124 valence electrons. The van der Waals surface area contributed by atoms with E-state index in [2.05, 4.69) is 20.5 Å². The molecular formula is C17H13N5O2S. The first-order valence-electron chi connectivity index (χ1n) is 7.59. The zero-order chi connectivity index (χ0) is 17.2. The summed E-state index contributed by atoms with van der Waals surface area (Å²) in [5, 5.41) is 13.8. The highest BCUT2D eigenvalue weighted by Crippen LogP contribution is 2.26. The van der Waals surface area contributed by atoms with E-state index in [4.69, 9.17) is 4.74 Å². The van der Waals surface area contributed by atoms with E-state index in [0.29, 0.717) is 10.6 Å². The van der Waals surface area contributed by atoms with E-state index in [1.807, 2.05) is 37.3 Å². The molecule has 7 nitrogen and oxygen atoms in total. The maximum absolute atomic E-state index is 12.6. The van der Waals surface area contributed by atoms with Gasteiger partial charge in [0.2, 0.25) is 0 Å². The van der Waals surface area contributed by atoms with E-state index >= 15 is 0 Å². The number of carbonyl (C=O) groups excluding carboxylic acids is 1. The fourth-order valence-corrected chi connectivity index (χ4v) is 3.26. The molecular weight excluding hydrogens is 338 g/mol. The number of carbonyl (C=O) groups is 1. The van der Waals surface area contributed by atoms with Crippen LogP contribution in [0.2, 0.25) is 0 Å². The number of tetrazole rings is 1. The number of fused-ring (bicyclic) bond motifs is 1. The third-order valence-electron chi connectivity index (χ3n) is 3.79. The predicted molar refractivity (Wildman–Crippen MR) is 92.6 cm³/mol. The van der Waals surface area contributed by atoms with Crippen LogP contribution < -0.4 is 0 Å². The van der Waals surface area contributed by atoms with Gasteiger partial charge < -0.3 is 4.74 Å². The number of para-hydroxylation sites is 1. The topological polar surface area (TPSA) is 82.8 Å². The number of hydrogen-bond donors (Lipinski definition) is 0. The Bertz CT molecular complexity index is 1030. The van der Waals surface area contributed by atoms with Crippen LogP contribution in [0, 0.1) is 0 Å². The standard InChI is InChI=1S/C17H13N5O2S/c1-11(13-8-12-4-2-3-5-14(12)18-9-13)24-17(23)16-15(6-7-25-16)22-10-19-20-21-22/h2-11H,1H3. The number of benzene rings is 1. The molecule has 0 saturated carbocycles. The van der Waals surface area contributed by atoms with Gasteiger partial charge >= 0.3 is 5.97 Å². The molecule has 1 unspecified atom stereocenters. The molecule has 1 aromatic carbocycles. The van der Waals surface area contributed by atoms with Crippen LogP contribution in [-0.2, 0) is 4.74 Å². The summed E-state index contributed by atoms with van der Waals surface area (Å²) >= 11 is 1.29. The Kier molecular flexibility index (Phi) is 3.95. The lowest BCUT2D eigenvalue weighted by molar-refractivity contribution is 0.0343. The van der Waals surface area contributed by atoms with Gasteiger partial charge in [-0.2, -0.15) is 4.68 Å². The number of rotatable bonds is 4. The van der Waals surface area contributed by atoms with Gasteiger partial charge in [0, 0.05) is 17.1 Å². The second kappa shape index (κ2) is 6.40. The lowest BCUT2D eigenvalue weighted by Crippen LogP contribution is -2.11. The maximum atomic E-state index is 12.6. The Labute approximate surface area is 146 Å². The molecule has 0 aliphatic heterocycles. The van der Waals surface area contributed by atoms with Crippen molar-refractivity contribution in [2.75, 3.05) is 0 Å². The van der Waals surface area contributed by atoms with Crippen molar-refractivity contribution in [3.63, 3.8) is 0 Å². The van der Waals surface area contributed by atoms with Crippen molar-refractivity contribution < 1.29 is 9.53 Å². The van der Waals surface area contributed by atoms with Crippen molar-refractivity contribution in [2.45, 2.75) is 13.0 Å². The van der Waals surface area contributed by atoms with E-state index in [1.54, 1.807) is 17.6 Å². The highest BCUT2D eigenvalue weighted by Gasteiger charge is 2.20. The number of esters is 1. The fourth-order valence-electron chi connectivity index (χ4n) is 2.50. The second-order valence-electron chi connectivity index (χ2n) is 5.40. The van der Waals surface area contributed by atoms with Crippen molar-refractivity contribution in [3.05, 3.63) is 64.7 Å². The van der Waals surface area contributed by atoms with Crippen molar-refractivity contribution in [3.8, 4) is 5.69 Å². The first-order valence-corrected chi connectivity index (χ1v) is 8.47. The Morgan fingerprint density at radius 3 is 3.00 bits per heavy atom. The summed E-state index contributed by atoms with van der Waals surface area (Å²) in [5.74, 6) is -0.416. The van der Waals surface area contributed by atoms with Gasteiger partial charge in [-0.3, -0.25) is 4.98 Å². The molecule has 8 heteroatoms. The van der Waals surface area contributed by atoms with Gasteiger partial charge in [0.1, 0.15) is 17.3 Å². The summed E-state index contributed by atoms with van der Waals surface area (Å²) in [6, 6.07) is 11.6. The molecule has 3 heterocycles. The van der Waals surface area contributed by atoms with Crippen molar-refractivity contribution in [1.82, 2.24) is 25.2 Å². The minimum Gasteiger partial charge on any atom is -0.453 e. The first kappa shape index (κ1) is 15.4. The average molecular weight is 351 g/mol. The number of nitrogens with zero attached hydrogens (tertiary/aromatic N) is 5. The molecule has 4 rings (SSSR count). The molecule has 0 bridgehead atoms. The van der Waals surface area contributed by atoms with Crippen LogP contribution in [0.15, 0.2) is 54.3 Å². The Balaban J connectivity index is 1.57. The molecule has 3 aromatic heterocycles. The predicted octanol–water partition coefficient (Wildman–Crippen LogP) is 3.19. The first-order chi connectivity index (χ1) is 12.2. The van der Waals surface area contributed by atoms with E-state index in [1.165, 1.54) is 22.3 Å². The van der Waals surface area contributed by atoms with Gasteiger partial charge in [0.05, 0.1) is 11.2 Å². The summed E-state index contributed by atoms with van der Waals surface area (Å²) < 4.78 is 7.06. The largest absolute Gasteiger partial charge is 0.453 e. The van der Waals surface area contributed by atoms with Crippen LogP contribution in [0.4, 0.5) is 0 Å². The van der Waals surface area contributed by atoms with E-state index in [0.717, 1.165) is 16.5 Å². The van der Waals surface area contributed by atoms with Crippen LogP contribution in [0.5, 0.6) is 0 Å². The summed E-state index contributed by atoms with van der Waals surface area (Å²) in [6.07, 6.45) is 2.75. The van der Waals surface area contributed by atoms with Gasteiger partial charge in [-0.05, 0) is 40.9 Å². The minimum atomic E-state index is -0.423. The fraction of sp³-hybridized carbons (Fsp3) is 0.118. The second-order valence-corrected chi connectivity index (χ2v) is 6.31. The smallest absolute Gasteiger partial charge is 0.351 e. The van der Waals surface area contributed by atoms with Crippen molar-refractivity contribution in [2.24, 2.45) is 0 Å². The van der Waals surface area contributed by atoms with Crippen LogP contribution in [0.1, 0.15) is 28.3 Å². The molecule has 0 saturated heterocycles. The number of pyridine rings is 1. The Morgan fingerprint density at radius 1 is 1.28 bits per heavy atom. The lowest BCUT2D eigenvalue weighted by Gasteiger charge is -2.14. The molecule has 25 heavy (non-hydrogen) atoms. The number of aromatic nitrogens is 5. The normalized spacial score (nSPS) is 12.2. The Hall–Kier alpha value is -3.13. The zero-order valence-electron chi connectivity index (χ0n) is 13.2. The van der Waals surface area contributed by atoms with E-state index in [-0.39, 0.29) is 0 Å². The highest BCUT2D eigenvalue weighted by atomic mass is 32.1. The summed E-state index contributed by atoms with van der Waals surface area (Å²) in [6.45, 7) is 1.83. The highest BCUT2D eigenvalue weighted by molar-refractivity contribution is 7.12. The van der Waals surface area contributed by atoms with Crippen LogP contribution in [-0.4, -0.2) is 31.2 Å². The number of ether oxygens (including phenoxy) is 1. The van der Waals surface area contributed by atoms with Crippen LogP contribution in [0.25, 0.3) is 16.6 Å². The monoisotopic (exact) mass is 351 g/mol. The van der Waals surface area contributed by atoms with Gasteiger partial charge in [-0.1, -0.05) is 18.2 Å². The molecule has 0 fully saturated rings. The summed E-state index contributed by atoms with van der Waals surface area (Å²) in [4.78, 5) is 17.4. The third-order valence-corrected chi connectivity index (χ3v) is 4.67. The van der Waals surface area contributed by atoms with Gasteiger partial charge in [-0.25, -0.2) is 4.79 Å². The van der Waals surface area contributed by atoms with E-state index in [9.17, 15) is 4.79 Å². The van der Waals surface area contributed by atoms with E-state index < -0.39 is 12.1 Å². The lowest BCUT2D eigenvalue weighted by atomic mass is 10.1. The maximum Gasteiger partial charge on any atom is 0.351 e. The zero-order valence-corrected chi connectivity index (χ0v) is 14.1. The number of thiophene rings is 1. The SMILES string of the molecule is CC(OC(=O)c1sccc1-n1cnnn1)c1cnc2ccccc2c1. The molecule has 0 spiro atoms. The molecule has 0 radical (unpaired) electrons.